The summed E-state index contributed by atoms with van der Waals surface area (Å²) in [5.41, 5.74) is 1.42. The van der Waals surface area contributed by atoms with E-state index in [1.165, 1.54) is 12.1 Å². The highest BCUT2D eigenvalue weighted by molar-refractivity contribution is 6.23. The number of benzene rings is 2. The molecule has 0 spiro atoms. The molecule has 0 radical (unpaired) electrons. The van der Waals surface area contributed by atoms with Gasteiger partial charge < -0.3 is 9.64 Å². The third-order valence-corrected chi connectivity index (χ3v) is 5.16. The van der Waals surface area contributed by atoms with Gasteiger partial charge in [0.1, 0.15) is 12.3 Å². The molecule has 2 aliphatic heterocycles. The molecule has 2 heterocycles. The quantitative estimate of drug-likeness (QED) is 0.446. The molecule has 2 aromatic rings. The Hall–Kier alpha value is -3.75. The lowest BCUT2D eigenvalue weighted by molar-refractivity contribution is -0.384. The van der Waals surface area contributed by atoms with Gasteiger partial charge in [0, 0.05) is 24.4 Å². The van der Waals surface area contributed by atoms with Crippen molar-refractivity contribution in [2.24, 2.45) is 0 Å². The highest BCUT2D eigenvalue weighted by Gasteiger charge is 2.39. The molecule has 4 rings (SSSR count). The van der Waals surface area contributed by atoms with Crippen LogP contribution in [0.15, 0.2) is 36.4 Å². The lowest BCUT2D eigenvalue weighted by Gasteiger charge is -2.30. The molecule has 2 aromatic carbocycles. The monoisotopic (exact) mass is 395 g/mol. The Kier molecular flexibility index (Phi) is 4.50. The molecule has 0 fully saturated rings. The summed E-state index contributed by atoms with van der Waals surface area (Å²) < 4.78 is 5.23. The van der Waals surface area contributed by atoms with E-state index in [0.29, 0.717) is 12.3 Å². The number of fused-ring (bicyclic) bond motifs is 2. The molecule has 9 heteroatoms. The van der Waals surface area contributed by atoms with Crippen LogP contribution >= 0.6 is 0 Å². The highest BCUT2D eigenvalue weighted by atomic mass is 16.6. The molecule has 3 amide bonds. The van der Waals surface area contributed by atoms with Crippen LogP contribution in [0, 0.1) is 10.1 Å². The third kappa shape index (κ3) is 3.10. The number of ether oxygens (including phenoxy) is 1. The molecule has 0 N–H and O–H groups in total. The first-order valence-electron chi connectivity index (χ1n) is 9.02. The molecule has 0 saturated heterocycles. The van der Waals surface area contributed by atoms with E-state index < -0.39 is 23.3 Å². The van der Waals surface area contributed by atoms with Gasteiger partial charge in [-0.2, -0.15) is 0 Å². The van der Waals surface area contributed by atoms with Crippen molar-refractivity contribution in [3.63, 3.8) is 0 Å². The molecule has 0 aliphatic carbocycles. The van der Waals surface area contributed by atoms with Gasteiger partial charge >= 0.3 is 0 Å². The average molecular weight is 395 g/mol. The minimum atomic E-state index is -0.700. The third-order valence-electron chi connectivity index (χ3n) is 5.16. The fraction of sp³-hybridized carbons (Fsp3) is 0.250. The second kappa shape index (κ2) is 7.01. The van der Waals surface area contributed by atoms with E-state index in [1.807, 2.05) is 6.07 Å². The van der Waals surface area contributed by atoms with Crippen LogP contribution in [-0.4, -0.2) is 47.7 Å². The fourth-order valence-electron chi connectivity index (χ4n) is 3.72. The SMILES string of the molecule is COc1ccc2c(c1)CCCN2C(=O)CN1C(=O)c2ccc([N+](=O)[O-])cc2C1=O. The van der Waals surface area contributed by atoms with Crippen LogP contribution < -0.4 is 9.64 Å². The predicted molar refractivity (Wildman–Crippen MR) is 102 cm³/mol. The van der Waals surface area contributed by atoms with Crippen molar-refractivity contribution in [3.05, 3.63) is 63.2 Å². The van der Waals surface area contributed by atoms with Crippen LogP contribution in [0.4, 0.5) is 11.4 Å². The standard InChI is InChI=1S/C20H17N3O6/c1-29-14-5-7-17-12(9-14)3-2-8-21(17)18(24)11-22-19(25)15-6-4-13(23(27)28)10-16(15)20(22)26/h4-7,9-10H,2-3,8,11H2,1H3. The summed E-state index contributed by atoms with van der Waals surface area (Å²) in [5, 5.41) is 10.9. The maximum absolute atomic E-state index is 12.9. The number of non-ortho nitro benzene ring substituents is 1. The largest absolute Gasteiger partial charge is 0.497 e. The summed E-state index contributed by atoms with van der Waals surface area (Å²) in [6, 6.07) is 8.91. The number of rotatable bonds is 4. The number of imide groups is 1. The fourth-order valence-corrected chi connectivity index (χ4v) is 3.72. The Morgan fingerprint density at radius 3 is 2.62 bits per heavy atom. The van der Waals surface area contributed by atoms with Crippen LogP contribution in [0.5, 0.6) is 5.75 Å². The maximum Gasteiger partial charge on any atom is 0.270 e. The van der Waals surface area contributed by atoms with Gasteiger partial charge in [-0.15, -0.1) is 0 Å². The molecule has 29 heavy (non-hydrogen) atoms. The van der Waals surface area contributed by atoms with Gasteiger partial charge in [-0.1, -0.05) is 0 Å². The zero-order chi connectivity index (χ0) is 20.7. The van der Waals surface area contributed by atoms with E-state index in [2.05, 4.69) is 0 Å². The molecular formula is C20H17N3O6. The van der Waals surface area contributed by atoms with Crippen molar-refractivity contribution in [2.75, 3.05) is 25.1 Å². The number of anilines is 1. The van der Waals surface area contributed by atoms with Gasteiger partial charge in [-0.05, 0) is 42.7 Å². The number of methoxy groups -OCH3 is 1. The van der Waals surface area contributed by atoms with Gasteiger partial charge in [0.25, 0.3) is 17.5 Å². The molecular weight excluding hydrogens is 378 g/mol. The molecule has 0 bridgehead atoms. The zero-order valence-electron chi connectivity index (χ0n) is 15.6. The van der Waals surface area contributed by atoms with E-state index >= 15 is 0 Å². The number of amides is 3. The van der Waals surface area contributed by atoms with Gasteiger partial charge in [-0.3, -0.25) is 29.4 Å². The van der Waals surface area contributed by atoms with Crippen LogP contribution in [-0.2, 0) is 11.2 Å². The zero-order valence-corrected chi connectivity index (χ0v) is 15.6. The molecule has 0 aromatic heterocycles. The van der Waals surface area contributed by atoms with Gasteiger partial charge in [0.05, 0.1) is 23.2 Å². The summed E-state index contributed by atoms with van der Waals surface area (Å²) in [7, 11) is 1.57. The Bertz CT molecular complexity index is 1060. The normalized spacial score (nSPS) is 15.2. The molecule has 0 atom stereocenters. The Balaban J connectivity index is 1.58. The number of nitro benzene ring substituents is 1. The lowest BCUT2D eigenvalue weighted by atomic mass is 10.0. The van der Waals surface area contributed by atoms with E-state index in [1.54, 1.807) is 24.1 Å². The maximum atomic E-state index is 12.9. The van der Waals surface area contributed by atoms with Crippen molar-refractivity contribution >= 4 is 29.1 Å². The minimum Gasteiger partial charge on any atom is -0.497 e. The number of hydrogen-bond donors (Lipinski definition) is 0. The Morgan fingerprint density at radius 1 is 1.14 bits per heavy atom. The topological polar surface area (TPSA) is 110 Å². The summed E-state index contributed by atoms with van der Waals surface area (Å²) in [5.74, 6) is -1.02. The molecule has 0 saturated carbocycles. The summed E-state index contributed by atoms with van der Waals surface area (Å²) in [6.07, 6.45) is 1.55. The van der Waals surface area contributed by atoms with Gasteiger partial charge in [-0.25, -0.2) is 0 Å². The highest BCUT2D eigenvalue weighted by Crippen LogP contribution is 2.31. The average Bonchev–Trinajstić information content (AvgIpc) is 2.97. The van der Waals surface area contributed by atoms with Gasteiger partial charge in [0.15, 0.2) is 0 Å². The lowest BCUT2D eigenvalue weighted by Crippen LogP contribution is -2.44. The van der Waals surface area contributed by atoms with Crippen molar-refractivity contribution in [1.82, 2.24) is 4.90 Å². The van der Waals surface area contributed by atoms with E-state index in [-0.39, 0.29) is 22.7 Å². The van der Waals surface area contributed by atoms with Crippen LogP contribution in [0.25, 0.3) is 0 Å². The van der Waals surface area contributed by atoms with Crippen LogP contribution in [0.2, 0.25) is 0 Å². The van der Waals surface area contributed by atoms with Crippen molar-refractivity contribution in [2.45, 2.75) is 12.8 Å². The number of hydrogen-bond acceptors (Lipinski definition) is 6. The Morgan fingerprint density at radius 2 is 1.90 bits per heavy atom. The number of nitrogens with zero attached hydrogens (tertiary/aromatic N) is 3. The number of nitro groups is 1. The van der Waals surface area contributed by atoms with E-state index in [0.717, 1.165) is 35.1 Å². The first kappa shape index (κ1) is 18.6. The Labute approximate surface area is 165 Å². The molecule has 0 unspecified atom stereocenters. The first-order valence-corrected chi connectivity index (χ1v) is 9.02. The molecule has 148 valence electrons. The van der Waals surface area contributed by atoms with Crippen molar-refractivity contribution < 1.29 is 24.0 Å². The van der Waals surface area contributed by atoms with Crippen molar-refractivity contribution in [3.8, 4) is 5.75 Å². The van der Waals surface area contributed by atoms with Crippen LogP contribution in [0.3, 0.4) is 0 Å². The summed E-state index contributed by atoms with van der Waals surface area (Å²) in [4.78, 5) is 50.8. The second-order valence-corrected chi connectivity index (χ2v) is 6.83. The summed E-state index contributed by atoms with van der Waals surface area (Å²) >= 11 is 0. The van der Waals surface area contributed by atoms with Crippen molar-refractivity contribution in [1.29, 1.82) is 0 Å². The van der Waals surface area contributed by atoms with E-state index in [4.69, 9.17) is 4.74 Å². The van der Waals surface area contributed by atoms with Gasteiger partial charge in [0.2, 0.25) is 5.91 Å². The predicted octanol–water partition coefficient (Wildman–Crippen LogP) is 2.18. The number of aryl methyl sites for hydroxylation is 1. The minimum absolute atomic E-state index is 0.0548. The first-order chi connectivity index (χ1) is 13.9. The second-order valence-electron chi connectivity index (χ2n) is 6.83. The van der Waals surface area contributed by atoms with Crippen LogP contribution in [0.1, 0.15) is 32.7 Å². The summed E-state index contributed by atoms with van der Waals surface area (Å²) in [6.45, 7) is 0.0540. The smallest absolute Gasteiger partial charge is 0.270 e. The van der Waals surface area contributed by atoms with E-state index in [9.17, 15) is 24.5 Å². The molecule has 9 nitrogen and oxygen atoms in total. The number of carbonyl (C=O) groups is 3. The molecule has 2 aliphatic rings. The number of carbonyl (C=O) groups excluding carboxylic acids is 3.